The van der Waals surface area contributed by atoms with Crippen molar-refractivity contribution in [2.45, 2.75) is 37.6 Å². The summed E-state index contributed by atoms with van der Waals surface area (Å²) in [5.74, 6) is -1.49. The molecule has 35 heavy (non-hydrogen) atoms. The number of rotatable bonds is 7. The number of carboxylic acids is 1. The molecule has 0 aromatic heterocycles. The Morgan fingerprint density at radius 2 is 1.57 bits per heavy atom. The maximum Gasteiger partial charge on any atom is 0.407 e. The van der Waals surface area contributed by atoms with Crippen LogP contribution in [0.15, 0.2) is 66.7 Å². The number of carboxylic acid groups (broad SMARTS) is 1. The van der Waals surface area contributed by atoms with Crippen molar-refractivity contribution in [3.05, 3.63) is 89.0 Å². The number of nitrogens with one attached hydrogen (secondary N) is 2. The molecule has 0 saturated heterocycles. The number of hydrogen-bond acceptors (Lipinski definition) is 4. The normalized spacial score (nSPS) is 15.0. The molecule has 178 valence electrons. The number of alkyl carbamates (subject to hydrolysis) is 1. The summed E-state index contributed by atoms with van der Waals surface area (Å²) >= 11 is 0. The Balaban J connectivity index is 1.20. The maximum absolute atomic E-state index is 12.7. The van der Waals surface area contributed by atoms with Gasteiger partial charge in [-0.15, -0.1) is 0 Å². The van der Waals surface area contributed by atoms with Gasteiger partial charge in [0, 0.05) is 5.92 Å². The summed E-state index contributed by atoms with van der Waals surface area (Å²) in [5, 5.41) is 15.0. The molecular weight excluding hydrogens is 444 g/mol. The lowest BCUT2D eigenvalue weighted by Gasteiger charge is -2.19. The van der Waals surface area contributed by atoms with Crippen LogP contribution < -0.4 is 10.6 Å². The Morgan fingerprint density at radius 1 is 0.943 bits per heavy atom. The lowest BCUT2D eigenvalue weighted by Crippen LogP contribution is -2.40. The Labute approximate surface area is 203 Å². The molecule has 0 spiro atoms. The molecule has 3 N–H and O–H groups in total. The van der Waals surface area contributed by atoms with Crippen LogP contribution in [-0.2, 0) is 9.53 Å². The zero-order valence-electron chi connectivity index (χ0n) is 19.3. The SMILES string of the molecule is Cc1cccc(NC(=O)CC2(NC(=O)OCC3c4ccccc4-c4ccccc43)CC2)c1C(=O)O. The molecule has 2 aliphatic rings. The number of anilines is 1. The Bertz CT molecular complexity index is 1280. The first-order valence-electron chi connectivity index (χ1n) is 11.6. The molecule has 3 aromatic carbocycles. The molecule has 1 fully saturated rings. The number of hydrogen-bond donors (Lipinski definition) is 3. The molecule has 0 bridgehead atoms. The number of amides is 2. The van der Waals surface area contributed by atoms with Crippen molar-refractivity contribution in [2.24, 2.45) is 0 Å². The van der Waals surface area contributed by atoms with Crippen LogP contribution in [0.2, 0.25) is 0 Å². The van der Waals surface area contributed by atoms with E-state index < -0.39 is 17.6 Å². The van der Waals surface area contributed by atoms with Gasteiger partial charge in [-0.1, -0.05) is 60.7 Å². The fourth-order valence-electron chi connectivity index (χ4n) is 4.91. The van der Waals surface area contributed by atoms with E-state index in [2.05, 4.69) is 34.9 Å². The Kier molecular flexibility index (Phi) is 5.76. The summed E-state index contributed by atoms with van der Waals surface area (Å²) in [6.07, 6.45) is 0.803. The van der Waals surface area contributed by atoms with Crippen molar-refractivity contribution in [1.29, 1.82) is 0 Å². The smallest absolute Gasteiger partial charge is 0.407 e. The highest BCUT2D eigenvalue weighted by Gasteiger charge is 2.46. The zero-order chi connectivity index (χ0) is 24.6. The topological polar surface area (TPSA) is 105 Å². The second kappa shape index (κ2) is 8.91. The van der Waals surface area contributed by atoms with Crippen molar-refractivity contribution in [1.82, 2.24) is 5.32 Å². The average Bonchev–Trinajstić information content (AvgIpc) is 3.49. The predicted molar refractivity (Wildman–Crippen MR) is 132 cm³/mol. The van der Waals surface area contributed by atoms with E-state index in [1.165, 1.54) is 0 Å². The van der Waals surface area contributed by atoms with Crippen molar-refractivity contribution in [2.75, 3.05) is 11.9 Å². The van der Waals surface area contributed by atoms with Crippen molar-refractivity contribution >= 4 is 23.7 Å². The van der Waals surface area contributed by atoms with Crippen LogP contribution in [0.1, 0.15) is 52.2 Å². The molecule has 0 heterocycles. The monoisotopic (exact) mass is 470 g/mol. The first-order valence-corrected chi connectivity index (χ1v) is 11.6. The van der Waals surface area contributed by atoms with E-state index in [1.807, 2.05) is 24.3 Å². The molecule has 5 rings (SSSR count). The highest BCUT2D eigenvalue weighted by atomic mass is 16.5. The molecule has 0 aliphatic heterocycles. The van der Waals surface area contributed by atoms with Gasteiger partial charge in [-0.25, -0.2) is 9.59 Å². The minimum Gasteiger partial charge on any atom is -0.478 e. The van der Waals surface area contributed by atoms with E-state index in [4.69, 9.17) is 4.74 Å². The minimum absolute atomic E-state index is 0.0395. The van der Waals surface area contributed by atoms with Gasteiger partial charge in [-0.05, 0) is 53.6 Å². The van der Waals surface area contributed by atoms with Crippen LogP contribution in [0.5, 0.6) is 0 Å². The summed E-state index contributed by atoms with van der Waals surface area (Å²) in [4.78, 5) is 36.9. The number of ether oxygens (including phenoxy) is 1. The van der Waals surface area contributed by atoms with E-state index in [0.29, 0.717) is 18.4 Å². The van der Waals surface area contributed by atoms with Crippen LogP contribution in [0.3, 0.4) is 0 Å². The van der Waals surface area contributed by atoms with E-state index in [1.54, 1.807) is 25.1 Å². The average molecular weight is 471 g/mol. The quantitative estimate of drug-likeness (QED) is 0.446. The number of carbonyl (C=O) groups is 3. The standard InChI is InChI=1S/C28H26N2O5/c1-17-7-6-12-23(25(17)26(32)33)29-24(31)15-28(13-14-28)30-27(34)35-16-22-20-10-4-2-8-18(20)19-9-3-5-11-21(19)22/h2-12,22H,13-16H2,1H3,(H,29,31)(H,30,34)(H,32,33). The van der Waals surface area contributed by atoms with Gasteiger partial charge < -0.3 is 20.5 Å². The van der Waals surface area contributed by atoms with Crippen LogP contribution in [0.25, 0.3) is 11.1 Å². The van der Waals surface area contributed by atoms with Crippen LogP contribution >= 0.6 is 0 Å². The maximum atomic E-state index is 12.7. The summed E-state index contributed by atoms with van der Waals surface area (Å²) < 4.78 is 5.62. The number of aryl methyl sites for hydroxylation is 1. The second-order valence-electron chi connectivity index (χ2n) is 9.26. The molecule has 3 aromatic rings. The summed E-state index contributed by atoms with van der Waals surface area (Å²) in [6.45, 7) is 1.88. The van der Waals surface area contributed by atoms with E-state index in [9.17, 15) is 19.5 Å². The highest BCUT2D eigenvalue weighted by molar-refractivity contribution is 6.02. The van der Waals surface area contributed by atoms with Crippen LogP contribution in [0.4, 0.5) is 10.5 Å². The van der Waals surface area contributed by atoms with Crippen molar-refractivity contribution < 1.29 is 24.2 Å². The zero-order valence-corrected chi connectivity index (χ0v) is 19.3. The van der Waals surface area contributed by atoms with Gasteiger partial charge in [0.15, 0.2) is 0 Å². The molecule has 2 amide bonds. The van der Waals surface area contributed by atoms with E-state index in [0.717, 1.165) is 22.3 Å². The third-order valence-corrected chi connectivity index (χ3v) is 6.82. The van der Waals surface area contributed by atoms with Gasteiger partial charge in [0.1, 0.15) is 6.61 Å². The molecule has 7 nitrogen and oxygen atoms in total. The first kappa shape index (κ1) is 22.7. The van der Waals surface area contributed by atoms with E-state index >= 15 is 0 Å². The lowest BCUT2D eigenvalue weighted by atomic mass is 9.98. The first-order chi connectivity index (χ1) is 16.9. The van der Waals surface area contributed by atoms with Gasteiger partial charge in [-0.2, -0.15) is 0 Å². The minimum atomic E-state index is -1.10. The Hall–Kier alpha value is -4.13. The summed E-state index contributed by atoms with van der Waals surface area (Å²) in [5.41, 5.74) is 4.79. The van der Waals surface area contributed by atoms with Crippen LogP contribution in [-0.4, -0.2) is 35.2 Å². The summed E-state index contributed by atoms with van der Waals surface area (Å²) in [7, 11) is 0. The van der Waals surface area contributed by atoms with Gasteiger partial charge in [0.05, 0.1) is 23.2 Å². The van der Waals surface area contributed by atoms with Gasteiger partial charge in [0.25, 0.3) is 0 Å². The third kappa shape index (κ3) is 4.49. The fraction of sp³-hybridized carbons (Fsp3) is 0.250. The molecule has 7 heteroatoms. The lowest BCUT2D eigenvalue weighted by molar-refractivity contribution is -0.116. The fourth-order valence-corrected chi connectivity index (χ4v) is 4.91. The molecule has 1 saturated carbocycles. The number of aromatic carboxylic acids is 1. The molecular formula is C28H26N2O5. The summed E-state index contributed by atoms with van der Waals surface area (Å²) in [6, 6.07) is 21.2. The van der Waals surface area contributed by atoms with E-state index in [-0.39, 0.29) is 36.1 Å². The molecule has 0 atom stereocenters. The number of carbonyl (C=O) groups excluding carboxylic acids is 2. The largest absolute Gasteiger partial charge is 0.478 e. The number of benzene rings is 3. The number of fused-ring (bicyclic) bond motifs is 3. The molecule has 0 radical (unpaired) electrons. The second-order valence-corrected chi connectivity index (χ2v) is 9.26. The van der Waals surface area contributed by atoms with Gasteiger partial charge >= 0.3 is 12.1 Å². The van der Waals surface area contributed by atoms with Gasteiger partial charge in [-0.3, -0.25) is 4.79 Å². The Morgan fingerprint density at radius 3 is 2.17 bits per heavy atom. The third-order valence-electron chi connectivity index (χ3n) is 6.82. The molecule has 0 unspecified atom stereocenters. The van der Waals surface area contributed by atoms with Gasteiger partial charge in [0.2, 0.25) is 5.91 Å². The van der Waals surface area contributed by atoms with Crippen molar-refractivity contribution in [3.8, 4) is 11.1 Å². The van der Waals surface area contributed by atoms with Crippen molar-refractivity contribution in [3.63, 3.8) is 0 Å². The highest BCUT2D eigenvalue weighted by Crippen LogP contribution is 2.44. The predicted octanol–water partition coefficient (Wildman–Crippen LogP) is 5.09. The molecule has 2 aliphatic carbocycles. The van der Waals surface area contributed by atoms with Crippen LogP contribution in [0, 0.1) is 6.92 Å².